The van der Waals surface area contributed by atoms with E-state index >= 15 is 0 Å². The molecule has 1 aromatic carbocycles. The van der Waals surface area contributed by atoms with Crippen LogP contribution in [-0.2, 0) is 4.79 Å². The molecular formula is C13H14BrN3OS2. The number of thioether (sulfide) groups is 1. The van der Waals surface area contributed by atoms with Gasteiger partial charge in [0.2, 0.25) is 5.91 Å². The highest BCUT2D eigenvalue weighted by Crippen LogP contribution is 2.28. The third-order valence-electron chi connectivity index (χ3n) is 2.54. The topological polar surface area (TPSA) is 54.9 Å². The van der Waals surface area contributed by atoms with Gasteiger partial charge >= 0.3 is 0 Å². The number of aryl methyl sites for hydroxylation is 2. The van der Waals surface area contributed by atoms with Crippen molar-refractivity contribution in [2.24, 2.45) is 0 Å². The number of hydrogen-bond acceptors (Lipinski definition) is 5. The van der Waals surface area contributed by atoms with Crippen molar-refractivity contribution < 1.29 is 4.79 Å². The Morgan fingerprint density at radius 1 is 1.40 bits per heavy atom. The minimum absolute atomic E-state index is 0.0487. The van der Waals surface area contributed by atoms with Gasteiger partial charge < -0.3 is 5.32 Å². The molecule has 2 aromatic rings. The fourth-order valence-corrected chi connectivity index (χ4v) is 4.04. The number of benzene rings is 1. The molecule has 4 nitrogen and oxygen atoms in total. The molecule has 0 aliphatic carbocycles. The molecule has 7 heteroatoms. The number of hydrogen-bond donors (Lipinski definition) is 1. The lowest BCUT2D eigenvalue weighted by molar-refractivity contribution is -0.115. The van der Waals surface area contributed by atoms with Crippen LogP contribution in [-0.4, -0.2) is 21.4 Å². The molecule has 20 heavy (non-hydrogen) atoms. The first-order valence-electron chi connectivity index (χ1n) is 5.99. The molecule has 1 amide bonds. The van der Waals surface area contributed by atoms with E-state index in [0.29, 0.717) is 0 Å². The third-order valence-corrected chi connectivity index (χ3v) is 5.22. The van der Waals surface area contributed by atoms with Crippen LogP contribution >= 0.6 is 39.0 Å². The highest BCUT2D eigenvalue weighted by atomic mass is 79.9. The van der Waals surface area contributed by atoms with Crippen LogP contribution in [0.3, 0.4) is 0 Å². The smallest absolute Gasteiger partial charge is 0.237 e. The first kappa shape index (κ1) is 15.5. The van der Waals surface area contributed by atoms with Crippen LogP contribution < -0.4 is 5.32 Å². The van der Waals surface area contributed by atoms with E-state index in [0.717, 1.165) is 25.1 Å². The summed E-state index contributed by atoms with van der Waals surface area (Å²) in [5.74, 6) is -0.0487. The summed E-state index contributed by atoms with van der Waals surface area (Å²) in [5, 5.41) is 11.6. The molecule has 1 atom stereocenters. The van der Waals surface area contributed by atoms with Gasteiger partial charge in [0, 0.05) is 4.47 Å². The maximum Gasteiger partial charge on any atom is 0.237 e. The van der Waals surface area contributed by atoms with E-state index in [2.05, 4.69) is 31.4 Å². The summed E-state index contributed by atoms with van der Waals surface area (Å²) in [5.41, 5.74) is 1.92. The van der Waals surface area contributed by atoms with E-state index < -0.39 is 0 Å². The molecular weight excluding hydrogens is 358 g/mol. The van der Waals surface area contributed by atoms with E-state index in [-0.39, 0.29) is 11.2 Å². The van der Waals surface area contributed by atoms with E-state index in [1.807, 2.05) is 39.0 Å². The number of aromatic nitrogens is 2. The molecule has 0 bridgehead atoms. The number of nitrogens with one attached hydrogen (secondary N) is 1. The van der Waals surface area contributed by atoms with Gasteiger partial charge in [-0.15, -0.1) is 10.2 Å². The van der Waals surface area contributed by atoms with Crippen LogP contribution in [0, 0.1) is 13.8 Å². The van der Waals surface area contributed by atoms with Crippen molar-refractivity contribution in [3.05, 3.63) is 33.2 Å². The molecule has 0 aliphatic rings. The minimum Gasteiger partial charge on any atom is -0.324 e. The van der Waals surface area contributed by atoms with E-state index in [9.17, 15) is 4.79 Å². The molecule has 0 saturated carbocycles. The Kier molecular flexibility index (Phi) is 5.17. The quantitative estimate of drug-likeness (QED) is 0.824. The van der Waals surface area contributed by atoms with Crippen molar-refractivity contribution in [2.75, 3.05) is 5.32 Å². The Balaban J connectivity index is 2.00. The Morgan fingerprint density at radius 2 is 2.15 bits per heavy atom. The number of carbonyl (C=O) groups excluding carboxylic acids is 1. The predicted octanol–water partition coefficient (Wildman–Crippen LogP) is 4.04. The van der Waals surface area contributed by atoms with Gasteiger partial charge in [0.15, 0.2) is 4.34 Å². The summed E-state index contributed by atoms with van der Waals surface area (Å²) in [4.78, 5) is 12.2. The van der Waals surface area contributed by atoms with Gasteiger partial charge in [0.05, 0.1) is 10.9 Å². The minimum atomic E-state index is -0.226. The molecule has 0 aliphatic heterocycles. The maximum absolute atomic E-state index is 12.2. The summed E-state index contributed by atoms with van der Waals surface area (Å²) in [6, 6.07) is 5.83. The SMILES string of the molecule is Cc1ccc(NC(=O)[C@H](C)Sc2nnc(C)s2)c(Br)c1. The lowest BCUT2D eigenvalue weighted by atomic mass is 10.2. The van der Waals surface area contributed by atoms with Crippen LogP contribution in [0.15, 0.2) is 27.0 Å². The Hall–Kier alpha value is -0.920. The summed E-state index contributed by atoms with van der Waals surface area (Å²) in [6.45, 7) is 5.77. The summed E-state index contributed by atoms with van der Waals surface area (Å²) in [6.07, 6.45) is 0. The van der Waals surface area contributed by atoms with Crippen LogP contribution in [0.25, 0.3) is 0 Å². The van der Waals surface area contributed by atoms with Gasteiger partial charge in [0.25, 0.3) is 0 Å². The number of carbonyl (C=O) groups is 1. The molecule has 0 spiro atoms. The lowest BCUT2D eigenvalue weighted by Crippen LogP contribution is -2.22. The zero-order valence-electron chi connectivity index (χ0n) is 11.3. The van der Waals surface area contributed by atoms with Gasteiger partial charge in [-0.2, -0.15) is 0 Å². The monoisotopic (exact) mass is 371 g/mol. The van der Waals surface area contributed by atoms with Gasteiger partial charge in [-0.25, -0.2) is 0 Å². The number of amides is 1. The summed E-state index contributed by atoms with van der Waals surface area (Å²) in [7, 11) is 0. The fraction of sp³-hybridized carbons (Fsp3) is 0.308. The average Bonchev–Trinajstić information content (AvgIpc) is 2.78. The second-order valence-corrected chi connectivity index (χ2v) is 7.94. The highest BCUT2D eigenvalue weighted by Gasteiger charge is 2.17. The number of rotatable bonds is 4. The predicted molar refractivity (Wildman–Crippen MR) is 87.5 cm³/mol. The number of anilines is 1. The van der Waals surface area contributed by atoms with Crippen molar-refractivity contribution in [1.82, 2.24) is 10.2 Å². The van der Waals surface area contributed by atoms with Crippen LogP contribution in [0.5, 0.6) is 0 Å². The van der Waals surface area contributed by atoms with Crippen molar-refractivity contribution in [3.63, 3.8) is 0 Å². The van der Waals surface area contributed by atoms with Gasteiger partial charge in [-0.05, 0) is 54.4 Å². The number of nitrogens with zero attached hydrogens (tertiary/aromatic N) is 2. The molecule has 2 rings (SSSR count). The molecule has 1 heterocycles. The zero-order chi connectivity index (χ0) is 14.7. The van der Waals surface area contributed by atoms with E-state index in [4.69, 9.17) is 0 Å². The second-order valence-electron chi connectivity index (χ2n) is 4.32. The first-order chi connectivity index (χ1) is 9.45. The molecule has 0 saturated heterocycles. The van der Waals surface area contributed by atoms with Gasteiger partial charge in [-0.3, -0.25) is 4.79 Å². The third kappa shape index (κ3) is 4.04. The standard InChI is InChI=1S/C13H14BrN3OS2/c1-7-4-5-11(10(14)6-7)15-12(18)8(2)19-13-17-16-9(3)20-13/h4-6,8H,1-3H3,(H,15,18)/t8-/m0/s1. The van der Waals surface area contributed by atoms with Crippen molar-refractivity contribution in [3.8, 4) is 0 Å². The number of halogens is 1. The largest absolute Gasteiger partial charge is 0.324 e. The maximum atomic E-state index is 12.2. The zero-order valence-corrected chi connectivity index (χ0v) is 14.5. The molecule has 0 radical (unpaired) electrons. The molecule has 106 valence electrons. The molecule has 1 N–H and O–H groups in total. The Labute approximate surface area is 134 Å². The molecule has 0 fully saturated rings. The van der Waals surface area contributed by atoms with Crippen LogP contribution in [0.2, 0.25) is 0 Å². The summed E-state index contributed by atoms with van der Waals surface area (Å²) < 4.78 is 1.70. The molecule has 0 unspecified atom stereocenters. The summed E-state index contributed by atoms with van der Waals surface area (Å²) >= 11 is 6.37. The van der Waals surface area contributed by atoms with E-state index in [1.54, 1.807) is 0 Å². The lowest BCUT2D eigenvalue weighted by Gasteiger charge is -2.12. The Morgan fingerprint density at radius 3 is 2.75 bits per heavy atom. The average molecular weight is 372 g/mol. The van der Waals surface area contributed by atoms with Crippen LogP contribution in [0.1, 0.15) is 17.5 Å². The second kappa shape index (κ2) is 6.69. The van der Waals surface area contributed by atoms with Crippen LogP contribution in [0.4, 0.5) is 5.69 Å². The fourth-order valence-electron chi connectivity index (χ4n) is 1.49. The van der Waals surface area contributed by atoms with Crippen molar-refractivity contribution >= 4 is 50.6 Å². The highest BCUT2D eigenvalue weighted by molar-refractivity contribution is 9.10. The van der Waals surface area contributed by atoms with Gasteiger partial charge in [0.1, 0.15) is 5.01 Å². The van der Waals surface area contributed by atoms with Gasteiger partial charge in [-0.1, -0.05) is 29.2 Å². The normalized spacial score (nSPS) is 12.2. The van der Waals surface area contributed by atoms with Crippen molar-refractivity contribution in [2.45, 2.75) is 30.4 Å². The van der Waals surface area contributed by atoms with Crippen molar-refractivity contribution in [1.29, 1.82) is 0 Å². The van der Waals surface area contributed by atoms with E-state index in [1.165, 1.54) is 23.1 Å². The Bertz CT molecular complexity index is 630. The first-order valence-corrected chi connectivity index (χ1v) is 8.48. The molecule has 1 aromatic heterocycles.